The Bertz CT molecular complexity index is 1260. The third-order valence-corrected chi connectivity index (χ3v) is 6.79. The van der Waals surface area contributed by atoms with E-state index in [1.165, 1.54) is 0 Å². The highest BCUT2D eigenvalue weighted by molar-refractivity contribution is 8.18. The molecule has 0 aliphatic carbocycles. The molecule has 1 fully saturated rings. The number of benzene rings is 1. The van der Waals surface area contributed by atoms with E-state index < -0.39 is 0 Å². The normalized spacial score (nSPS) is 15.2. The predicted octanol–water partition coefficient (Wildman–Crippen LogP) is 3.79. The molecule has 4 rings (SSSR count). The van der Waals surface area contributed by atoms with Crippen LogP contribution in [0, 0.1) is 20.8 Å². The largest absolute Gasteiger partial charge is 0.492 e. The third-order valence-electron chi connectivity index (χ3n) is 4.88. The number of carbonyl (C=O) groups is 2. The van der Waals surface area contributed by atoms with Crippen molar-refractivity contribution in [3.63, 3.8) is 0 Å². The van der Waals surface area contributed by atoms with Crippen molar-refractivity contribution in [2.75, 3.05) is 6.61 Å². The van der Waals surface area contributed by atoms with Crippen LogP contribution in [0.5, 0.6) is 5.75 Å². The number of rotatable bonds is 5. The summed E-state index contributed by atoms with van der Waals surface area (Å²) in [6, 6.07) is 7.19. The van der Waals surface area contributed by atoms with Gasteiger partial charge < -0.3 is 4.74 Å². The van der Waals surface area contributed by atoms with E-state index in [-0.39, 0.29) is 16.7 Å². The highest BCUT2D eigenvalue weighted by atomic mass is 32.2. The lowest BCUT2D eigenvalue weighted by Crippen LogP contribution is -2.26. The van der Waals surface area contributed by atoms with Gasteiger partial charge in [0.25, 0.3) is 16.7 Å². The van der Waals surface area contributed by atoms with Crippen molar-refractivity contribution in [1.82, 2.24) is 14.9 Å². The third kappa shape index (κ3) is 3.90. The number of amides is 2. The van der Waals surface area contributed by atoms with Crippen LogP contribution in [0.4, 0.5) is 4.79 Å². The molecule has 1 aliphatic heterocycles. The summed E-state index contributed by atoms with van der Waals surface area (Å²) < 4.78 is 7.43. The predicted molar refractivity (Wildman–Crippen MR) is 119 cm³/mol. The maximum atomic E-state index is 12.9. The van der Waals surface area contributed by atoms with E-state index in [4.69, 9.17) is 4.74 Å². The molecule has 0 radical (unpaired) electrons. The average molecular weight is 442 g/mol. The molecule has 0 atom stereocenters. The van der Waals surface area contributed by atoms with Crippen LogP contribution in [0.25, 0.3) is 16.3 Å². The number of aromatic nitrogens is 2. The number of hydrogen-bond donors (Lipinski definition) is 1. The number of imide groups is 1. The van der Waals surface area contributed by atoms with Gasteiger partial charge in [0.1, 0.15) is 23.0 Å². The molecule has 0 spiro atoms. The molecule has 1 N–H and O–H groups in total. The number of thioether (sulfide) groups is 1. The van der Waals surface area contributed by atoms with E-state index in [0.717, 1.165) is 32.6 Å². The lowest BCUT2D eigenvalue weighted by Gasteiger charge is -2.11. The molecule has 1 aromatic carbocycles. The second-order valence-corrected chi connectivity index (χ2v) is 9.07. The van der Waals surface area contributed by atoms with Gasteiger partial charge in [-0.1, -0.05) is 12.1 Å². The van der Waals surface area contributed by atoms with Gasteiger partial charge in [0, 0.05) is 4.88 Å². The number of ether oxygens (including phenoxy) is 1. The van der Waals surface area contributed by atoms with Gasteiger partial charge in [0.05, 0.1) is 16.8 Å². The standard InChI is InChI=1S/C21H19N3O4S2/c1-11-12(2)29-19-17(11)20(26)24(13(3)22-19)8-9-28-15-6-4-14(5-7-15)10-16-18(25)23-21(27)30-16/h4-7,10H,8-9H2,1-3H3,(H,23,25,27). The van der Waals surface area contributed by atoms with Gasteiger partial charge in [-0.15, -0.1) is 11.3 Å². The SMILES string of the molecule is Cc1sc2nc(C)n(CCOc3ccc(C=C4SC(=O)NC4=O)cc3)c(=O)c2c1C. The fourth-order valence-electron chi connectivity index (χ4n) is 3.18. The van der Waals surface area contributed by atoms with Crippen LogP contribution in [-0.4, -0.2) is 27.3 Å². The van der Waals surface area contributed by atoms with Crippen LogP contribution in [0.1, 0.15) is 21.8 Å². The first-order valence-corrected chi connectivity index (χ1v) is 10.9. The van der Waals surface area contributed by atoms with Crippen LogP contribution >= 0.6 is 23.1 Å². The Morgan fingerprint density at radius 3 is 2.53 bits per heavy atom. The smallest absolute Gasteiger partial charge is 0.290 e. The second-order valence-electron chi connectivity index (χ2n) is 6.85. The summed E-state index contributed by atoms with van der Waals surface area (Å²) in [4.78, 5) is 42.6. The van der Waals surface area contributed by atoms with E-state index in [0.29, 0.717) is 35.0 Å². The van der Waals surface area contributed by atoms with Crippen LogP contribution in [0.15, 0.2) is 34.0 Å². The van der Waals surface area contributed by atoms with Crippen molar-refractivity contribution >= 4 is 50.5 Å². The molecule has 30 heavy (non-hydrogen) atoms. The maximum Gasteiger partial charge on any atom is 0.290 e. The first kappa shape index (κ1) is 20.4. The Labute approximate surface area is 180 Å². The van der Waals surface area contributed by atoms with Crippen LogP contribution < -0.4 is 15.6 Å². The van der Waals surface area contributed by atoms with Gasteiger partial charge in [-0.05, 0) is 61.9 Å². The highest BCUT2D eigenvalue weighted by Gasteiger charge is 2.24. The quantitative estimate of drug-likeness (QED) is 0.606. The minimum atomic E-state index is -0.382. The van der Waals surface area contributed by atoms with Gasteiger partial charge in [0.2, 0.25) is 0 Å². The monoisotopic (exact) mass is 441 g/mol. The molecule has 0 bridgehead atoms. The summed E-state index contributed by atoms with van der Waals surface area (Å²) in [5.41, 5.74) is 1.74. The van der Waals surface area contributed by atoms with Crippen LogP contribution in [0.2, 0.25) is 0 Å². The van der Waals surface area contributed by atoms with Crippen molar-refractivity contribution in [1.29, 1.82) is 0 Å². The lowest BCUT2D eigenvalue weighted by atomic mass is 10.2. The van der Waals surface area contributed by atoms with Gasteiger partial charge in [-0.25, -0.2) is 4.98 Å². The minimum absolute atomic E-state index is 0.0354. The van der Waals surface area contributed by atoms with Crippen LogP contribution in [0.3, 0.4) is 0 Å². The number of hydrogen-bond acceptors (Lipinski definition) is 7. The minimum Gasteiger partial charge on any atom is -0.492 e. The number of nitrogens with zero attached hydrogens (tertiary/aromatic N) is 2. The zero-order chi connectivity index (χ0) is 21.4. The topological polar surface area (TPSA) is 90.3 Å². The van der Waals surface area contributed by atoms with Crippen molar-refractivity contribution in [2.45, 2.75) is 27.3 Å². The van der Waals surface area contributed by atoms with E-state index in [1.807, 2.05) is 32.9 Å². The molecular formula is C21H19N3O4S2. The summed E-state index contributed by atoms with van der Waals surface area (Å²) in [5.74, 6) is 0.938. The van der Waals surface area contributed by atoms with Crippen molar-refractivity contribution in [3.8, 4) is 5.75 Å². The summed E-state index contributed by atoms with van der Waals surface area (Å²) in [5, 5.41) is 2.55. The molecule has 3 aromatic rings. The first-order valence-electron chi connectivity index (χ1n) is 9.28. The Kier molecular flexibility index (Phi) is 5.48. The molecular weight excluding hydrogens is 422 g/mol. The number of thiophene rings is 1. The molecule has 2 amide bonds. The van der Waals surface area contributed by atoms with Crippen molar-refractivity contribution < 1.29 is 14.3 Å². The Morgan fingerprint density at radius 1 is 1.13 bits per heavy atom. The number of carbonyl (C=O) groups excluding carboxylic acids is 2. The fourth-order valence-corrected chi connectivity index (χ4v) is 4.93. The number of nitrogens with one attached hydrogen (secondary N) is 1. The molecule has 7 nitrogen and oxygen atoms in total. The van der Waals surface area contributed by atoms with E-state index in [1.54, 1.807) is 34.1 Å². The number of aryl methyl sites for hydroxylation is 3. The molecule has 0 unspecified atom stereocenters. The van der Waals surface area contributed by atoms with E-state index in [9.17, 15) is 14.4 Å². The average Bonchev–Trinajstić information content (AvgIpc) is 3.16. The number of fused-ring (bicyclic) bond motifs is 1. The molecule has 2 aromatic heterocycles. The zero-order valence-electron chi connectivity index (χ0n) is 16.6. The van der Waals surface area contributed by atoms with Gasteiger partial charge >= 0.3 is 0 Å². The van der Waals surface area contributed by atoms with Crippen LogP contribution in [-0.2, 0) is 11.3 Å². The molecule has 9 heteroatoms. The molecule has 1 aliphatic rings. The molecule has 154 valence electrons. The fraction of sp³-hybridized carbons (Fsp3) is 0.238. The van der Waals surface area contributed by atoms with Gasteiger partial charge in [-0.2, -0.15) is 0 Å². The molecule has 3 heterocycles. The van der Waals surface area contributed by atoms with Gasteiger partial charge in [0.15, 0.2) is 0 Å². The molecule has 0 saturated carbocycles. The van der Waals surface area contributed by atoms with E-state index >= 15 is 0 Å². The zero-order valence-corrected chi connectivity index (χ0v) is 18.3. The molecule has 1 saturated heterocycles. The van der Waals surface area contributed by atoms with Crippen molar-refractivity contribution in [2.24, 2.45) is 0 Å². The Morgan fingerprint density at radius 2 is 1.87 bits per heavy atom. The summed E-state index contributed by atoms with van der Waals surface area (Å²) in [7, 11) is 0. The summed E-state index contributed by atoms with van der Waals surface area (Å²) >= 11 is 2.43. The Balaban J connectivity index is 1.44. The van der Waals surface area contributed by atoms with Gasteiger partial charge in [-0.3, -0.25) is 24.3 Å². The highest BCUT2D eigenvalue weighted by Crippen LogP contribution is 2.27. The maximum absolute atomic E-state index is 12.9. The second kappa shape index (κ2) is 8.08. The van der Waals surface area contributed by atoms with E-state index in [2.05, 4.69) is 10.3 Å². The Hall–Kier alpha value is -2.91. The van der Waals surface area contributed by atoms with Crippen molar-refractivity contribution in [3.05, 3.63) is 61.4 Å². The lowest BCUT2D eigenvalue weighted by molar-refractivity contribution is -0.115. The summed E-state index contributed by atoms with van der Waals surface area (Å²) in [6.45, 7) is 6.50. The first-order chi connectivity index (χ1) is 14.3. The summed E-state index contributed by atoms with van der Waals surface area (Å²) in [6.07, 6.45) is 1.66.